The number of ketones is 1. The van der Waals surface area contributed by atoms with Gasteiger partial charge in [-0.2, -0.15) is 0 Å². The van der Waals surface area contributed by atoms with E-state index in [1.54, 1.807) is 0 Å². The van der Waals surface area contributed by atoms with Crippen molar-refractivity contribution < 1.29 is 4.79 Å². The summed E-state index contributed by atoms with van der Waals surface area (Å²) in [7, 11) is 0. The molecule has 1 aliphatic heterocycles. The van der Waals surface area contributed by atoms with Crippen LogP contribution >= 0.6 is 0 Å². The molecule has 2 heteroatoms. The molecule has 2 rings (SSSR count). The van der Waals surface area contributed by atoms with Gasteiger partial charge in [0.05, 0.1) is 0 Å². The molecular weight excluding hydrogens is 198 g/mol. The molecule has 0 bridgehead atoms. The van der Waals surface area contributed by atoms with Crippen molar-refractivity contribution in [2.24, 2.45) is 5.41 Å². The second kappa shape index (κ2) is 4.14. The average molecular weight is 223 g/mol. The van der Waals surface area contributed by atoms with Gasteiger partial charge >= 0.3 is 0 Å². The molecule has 1 aliphatic carbocycles. The molecule has 0 radical (unpaired) electrons. The van der Waals surface area contributed by atoms with Crippen molar-refractivity contribution in [3.05, 3.63) is 0 Å². The lowest BCUT2D eigenvalue weighted by atomic mass is 9.67. The van der Waals surface area contributed by atoms with Crippen molar-refractivity contribution in [2.45, 2.75) is 64.8 Å². The smallest absolute Gasteiger partial charge is 0.139 e. The monoisotopic (exact) mass is 223 g/mol. The van der Waals surface area contributed by atoms with Crippen LogP contribution in [0.3, 0.4) is 0 Å². The molecule has 0 unspecified atom stereocenters. The fourth-order valence-electron chi connectivity index (χ4n) is 3.29. The number of hydrogen-bond donors (Lipinski definition) is 0. The molecule has 0 aromatic rings. The summed E-state index contributed by atoms with van der Waals surface area (Å²) < 4.78 is 0. The van der Waals surface area contributed by atoms with Crippen molar-refractivity contribution in [3.63, 3.8) is 0 Å². The molecule has 1 saturated carbocycles. The predicted molar refractivity (Wildman–Crippen MR) is 66.5 cm³/mol. The minimum Gasteiger partial charge on any atom is -0.299 e. The molecule has 0 amide bonds. The van der Waals surface area contributed by atoms with Gasteiger partial charge in [0.25, 0.3) is 0 Å². The fraction of sp³-hybridized carbons (Fsp3) is 0.929. The standard InChI is InChI=1S/C14H25NO/c1-13(2,3)15-10-8-14(9-11-15)7-5-4-6-12(14)16/h4-11H2,1-3H3. The Labute approximate surface area is 99.4 Å². The molecule has 2 nitrogen and oxygen atoms in total. The van der Waals surface area contributed by atoms with Crippen LogP contribution in [0.2, 0.25) is 0 Å². The van der Waals surface area contributed by atoms with E-state index in [0.717, 1.165) is 45.2 Å². The van der Waals surface area contributed by atoms with E-state index >= 15 is 0 Å². The number of rotatable bonds is 0. The molecule has 92 valence electrons. The van der Waals surface area contributed by atoms with E-state index in [9.17, 15) is 4.79 Å². The maximum absolute atomic E-state index is 12.1. The van der Waals surface area contributed by atoms with Crippen molar-refractivity contribution in [3.8, 4) is 0 Å². The highest BCUT2D eigenvalue weighted by Crippen LogP contribution is 2.43. The zero-order chi connectivity index (χ0) is 11.8. The van der Waals surface area contributed by atoms with Crippen LogP contribution < -0.4 is 0 Å². The van der Waals surface area contributed by atoms with Crippen molar-refractivity contribution >= 4 is 5.78 Å². The van der Waals surface area contributed by atoms with Crippen LogP contribution in [-0.4, -0.2) is 29.3 Å². The Morgan fingerprint density at radius 3 is 2.19 bits per heavy atom. The fourth-order valence-corrected chi connectivity index (χ4v) is 3.29. The largest absolute Gasteiger partial charge is 0.299 e. The molecule has 1 heterocycles. The van der Waals surface area contributed by atoms with E-state index in [4.69, 9.17) is 0 Å². The number of likely N-dealkylation sites (tertiary alicyclic amines) is 1. The van der Waals surface area contributed by atoms with E-state index in [-0.39, 0.29) is 11.0 Å². The number of piperidine rings is 1. The highest BCUT2D eigenvalue weighted by Gasteiger charge is 2.43. The summed E-state index contributed by atoms with van der Waals surface area (Å²) in [6, 6.07) is 0. The Morgan fingerprint density at radius 1 is 1.06 bits per heavy atom. The summed E-state index contributed by atoms with van der Waals surface area (Å²) in [5, 5.41) is 0. The second-order valence-electron chi connectivity index (χ2n) is 6.57. The molecule has 2 fully saturated rings. The lowest BCUT2D eigenvalue weighted by Crippen LogP contribution is -2.51. The van der Waals surface area contributed by atoms with Crippen LogP contribution in [-0.2, 0) is 4.79 Å². The minimum absolute atomic E-state index is 0.0833. The third-order valence-corrected chi connectivity index (χ3v) is 4.57. The lowest BCUT2D eigenvalue weighted by molar-refractivity contribution is -0.135. The van der Waals surface area contributed by atoms with Crippen LogP contribution in [0.1, 0.15) is 59.3 Å². The van der Waals surface area contributed by atoms with Crippen LogP contribution in [0.5, 0.6) is 0 Å². The summed E-state index contributed by atoms with van der Waals surface area (Å²) in [6.07, 6.45) is 6.59. The number of nitrogens with zero attached hydrogens (tertiary/aromatic N) is 1. The molecule has 0 aromatic carbocycles. The van der Waals surface area contributed by atoms with Gasteiger partial charge in [-0.15, -0.1) is 0 Å². The van der Waals surface area contributed by atoms with Gasteiger partial charge in [-0.3, -0.25) is 9.69 Å². The lowest BCUT2D eigenvalue weighted by Gasteiger charge is -2.47. The van der Waals surface area contributed by atoms with E-state index in [1.807, 2.05) is 0 Å². The third-order valence-electron chi connectivity index (χ3n) is 4.57. The molecule has 0 N–H and O–H groups in total. The Bertz CT molecular complexity index is 269. The highest BCUT2D eigenvalue weighted by atomic mass is 16.1. The number of carbonyl (C=O) groups is 1. The van der Waals surface area contributed by atoms with Crippen LogP contribution in [0.4, 0.5) is 0 Å². The molecule has 0 aromatic heterocycles. The topological polar surface area (TPSA) is 20.3 Å². The van der Waals surface area contributed by atoms with Crippen LogP contribution in [0, 0.1) is 5.41 Å². The van der Waals surface area contributed by atoms with Gasteiger partial charge in [0.15, 0.2) is 0 Å². The second-order valence-corrected chi connectivity index (χ2v) is 6.57. The average Bonchev–Trinajstić information content (AvgIpc) is 2.22. The normalized spacial score (nSPS) is 27.3. The number of Topliss-reactive ketones (excluding diaryl/α,β-unsaturated/α-hetero) is 1. The van der Waals surface area contributed by atoms with Gasteiger partial charge in [0, 0.05) is 17.4 Å². The Kier molecular flexibility index (Phi) is 3.13. The summed E-state index contributed by atoms with van der Waals surface area (Å²) in [6.45, 7) is 9.03. The minimum atomic E-state index is 0.0833. The first-order valence-electron chi connectivity index (χ1n) is 6.72. The van der Waals surface area contributed by atoms with Crippen molar-refractivity contribution in [2.75, 3.05) is 13.1 Å². The molecule has 16 heavy (non-hydrogen) atoms. The zero-order valence-electron chi connectivity index (χ0n) is 11.0. The van der Waals surface area contributed by atoms with E-state index in [2.05, 4.69) is 25.7 Å². The molecule has 1 spiro atoms. The molecule has 2 aliphatic rings. The zero-order valence-corrected chi connectivity index (χ0v) is 11.0. The molecular formula is C14H25NO. The molecule has 0 atom stereocenters. The Hall–Kier alpha value is -0.370. The Balaban J connectivity index is 2.00. The summed E-state index contributed by atoms with van der Waals surface area (Å²) in [5.41, 5.74) is 0.347. The van der Waals surface area contributed by atoms with Crippen LogP contribution in [0.25, 0.3) is 0 Å². The summed E-state index contributed by atoms with van der Waals surface area (Å²) in [5.74, 6) is 0.562. The first kappa shape index (κ1) is 12.1. The Morgan fingerprint density at radius 2 is 1.69 bits per heavy atom. The number of carbonyl (C=O) groups excluding carboxylic acids is 1. The van der Waals surface area contributed by atoms with Gasteiger partial charge in [-0.25, -0.2) is 0 Å². The first-order chi connectivity index (χ1) is 7.44. The first-order valence-corrected chi connectivity index (χ1v) is 6.72. The van der Waals surface area contributed by atoms with Gasteiger partial charge in [-0.05, 0) is 59.5 Å². The van der Waals surface area contributed by atoms with Gasteiger partial charge in [0.1, 0.15) is 5.78 Å². The van der Waals surface area contributed by atoms with E-state index in [0.29, 0.717) is 5.78 Å². The van der Waals surface area contributed by atoms with Gasteiger partial charge in [-0.1, -0.05) is 6.42 Å². The van der Waals surface area contributed by atoms with Gasteiger partial charge < -0.3 is 0 Å². The van der Waals surface area contributed by atoms with Gasteiger partial charge in [0.2, 0.25) is 0 Å². The third kappa shape index (κ3) is 2.17. The quantitative estimate of drug-likeness (QED) is 0.629. The molecule has 1 saturated heterocycles. The number of hydrogen-bond acceptors (Lipinski definition) is 2. The summed E-state index contributed by atoms with van der Waals surface area (Å²) in [4.78, 5) is 14.6. The maximum atomic E-state index is 12.1. The van der Waals surface area contributed by atoms with E-state index < -0.39 is 0 Å². The van der Waals surface area contributed by atoms with Crippen LogP contribution in [0.15, 0.2) is 0 Å². The van der Waals surface area contributed by atoms with Crippen molar-refractivity contribution in [1.82, 2.24) is 4.90 Å². The highest BCUT2D eigenvalue weighted by molar-refractivity contribution is 5.85. The predicted octanol–water partition coefficient (Wildman–Crippen LogP) is 3.01. The van der Waals surface area contributed by atoms with Crippen molar-refractivity contribution in [1.29, 1.82) is 0 Å². The SMILES string of the molecule is CC(C)(C)N1CCC2(CCCCC2=O)CC1. The van der Waals surface area contributed by atoms with E-state index in [1.165, 1.54) is 6.42 Å². The summed E-state index contributed by atoms with van der Waals surface area (Å²) >= 11 is 0. The maximum Gasteiger partial charge on any atom is 0.139 e.